The number of unbranched alkanes of at least 4 members (excludes halogenated alkanes) is 1. The van der Waals surface area contributed by atoms with Crippen LogP contribution in [0.15, 0.2) is 40.1 Å². The lowest BCUT2D eigenvalue weighted by atomic mass is 10.1. The van der Waals surface area contributed by atoms with E-state index < -0.39 is 72.1 Å². The van der Waals surface area contributed by atoms with E-state index in [1.54, 1.807) is 43.9 Å². The van der Waals surface area contributed by atoms with Crippen LogP contribution in [-0.2, 0) is 24.0 Å². The summed E-state index contributed by atoms with van der Waals surface area (Å²) < 4.78 is 33.5. The van der Waals surface area contributed by atoms with Crippen molar-refractivity contribution in [3.63, 3.8) is 0 Å². The van der Waals surface area contributed by atoms with E-state index in [4.69, 9.17) is 4.74 Å². The Morgan fingerprint density at radius 1 is 0.750 bits per heavy atom. The Morgan fingerprint density at radius 3 is 1.84 bits per heavy atom. The second kappa shape index (κ2) is 24.8. The van der Waals surface area contributed by atoms with Gasteiger partial charge in [-0.3, -0.25) is 62.9 Å². The Bertz CT molecular complexity index is 2380. The van der Waals surface area contributed by atoms with Gasteiger partial charge in [-0.25, -0.2) is 8.78 Å². The third-order valence-corrected chi connectivity index (χ3v) is 11.3. The van der Waals surface area contributed by atoms with Crippen LogP contribution < -0.4 is 36.9 Å². The maximum Gasteiger partial charge on any atom is 0.317 e. The molecule has 5 rings (SSSR count). The van der Waals surface area contributed by atoms with Gasteiger partial charge in [0.15, 0.2) is 0 Å². The summed E-state index contributed by atoms with van der Waals surface area (Å²) in [6, 6.07) is 6.75. The number of hydrogen-bond donors (Lipinski definition) is 7. The second-order valence-electron chi connectivity index (χ2n) is 16.4. The van der Waals surface area contributed by atoms with Crippen LogP contribution in [0.2, 0.25) is 0 Å². The van der Waals surface area contributed by atoms with Crippen molar-refractivity contribution >= 4 is 57.9 Å². The first-order valence-electron chi connectivity index (χ1n) is 21.9. The van der Waals surface area contributed by atoms with Crippen LogP contribution in [0, 0.1) is 11.3 Å². The molecule has 7 N–H and O–H groups in total. The van der Waals surface area contributed by atoms with Crippen molar-refractivity contribution in [2.45, 2.75) is 31.2 Å². The molecule has 0 aliphatic carbocycles. The van der Waals surface area contributed by atoms with Crippen LogP contribution in [0.4, 0.5) is 20.2 Å². The van der Waals surface area contributed by atoms with Crippen LogP contribution in [0.25, 0.3) is 10.9 Å². The third kappa shape index (κ3) is 15.6. The molecule has 0 spiro atoms. The fraction of sp³-hybridized carbons (Fsp3) is 0.535. The van der Waals surface area contributed by atoms with Crippen LogP contribution in [0.5, 0.6) is 5.75 Å². The van der Waals surface area contributed by atoms with Crippen LogP contribution in [0.1, 0.15) is 29.6 Å². The predicted molar refractivity (Wildman–Crippen MR) is 239 cm³/mol. The molecule has 1 atom stereocenters. The van der Waals surface area contributed by atoms with Crippen molar-refractivity contribution in [3.05, 3.63) is 56.5 Å². The lowest BCUT2D eigenvalue weighted by molar-refractivity contribution is -0.140. The number of carbonyl (C=O) groups excluding carboxylic acids is 3. The van der Waals surface area contributed by atoms with Gasteiger partial charge in [-0.05, 0) is 37.1 Å². The molecule has 0 unspecified atom stereocenters. The van der Waals surface area contributed by atoms with Gasteiger partial charge in [0.1, 0.15) is 23.2 Å². The Kier molecular flexibility index (Phi) is 19.0. The molecule has 0 bridgehead atoms. The first-order chi connectivity index (χ1) is 32.4. The van der Waals surface area contributed by atoms with Crippen LogP contribution >= 0.6 is 0 Å². The van der Waals surface area contributed by atoms with Gasteiger partial charge < -0.3 is 46.2 Å². The second-order valence-corrected chi connectivity index (χ2v) is 16.4. The molecule has 68 heavy (non-hydrogen) atoms. The maximum atomic E-state index is 13.8. The first-order valence-corrected chi connectivity index (χ1v) is 21.9. The van der Waals surface area contributed by atoms with Gasteiger partial charge in [-0.15, -0.1) is 0 Å². The Morgan fingerprint density at radius 2 is 1.29 bits per heavy atom. The number of carbonyl (C=O) groups is 6. The van der Waals surface area contributed by atoms with Gasteiger partial charge >= 0.3 is 17.9 Å². The molecule has 3 heterocycles. The molecule has 3 aromatic rings. The average molecular weight is 956 g/mol. The number of anilines is 2. The number of aromatic nitrogens is 1. The number of amides is 3. The summed E-state index contributed by atoms with van der Waals surface area (Å²) in [4.78, 5) is 110. The van der Waals surface area contributed by atoms with Crippen molar-refractivity contribution < 1.29 is 57.6 Å². The normalized spacial score (nSPS) is 17.7. The quantitative estimate of drug-likeness (QED) is 0.0450. The minimum absolute atomic E-state index is 0.0838. The number of alkyl halides is 2. The van der Waals surface area contributed by atoms with Crippen molar-refractivity contribution in [1.82, 2.24) is 40.1 Å². The largest absolute Gasteiger partial charge is 0.494 e. The van der Waals surface area contributed by atoms with Gasteiger partial charge in [-0.2, -0.15) is 5.26 Å². The number of rotatable bonds is 22. The van der Waals surface area contributed by atoms with E-state index in [0.717, 1.165) is 4.90 Å². The molecular formula is C43H55F2N11O12. The minimum Gasteiger partial charge on any atom is -0.494 e. The van der Waals surface area contributed by atoms with Gasteiger partial charge in [0.05, 0.1) is 63.0 Å². The van der Waals surface area contributed by atoms with Gasteiger partial charge in [0, 0.05) is 90.0 Å². The number of benzene rings is 1. The zero-order valence-corrected chi connectivity index (χ0v) is 37.2. The van der Waals surface area contributed by atoms with Crippen molar-refractivity contribution in [3.8, 4) is 11.8 Å². The third-order valence-electron chi connectivity index (χ3n) is 11.3. The molecular weight excluding hydrogens is 901 g/mol. The molecule has 3 amide bonds. The van der Waals surface area contributed by atoms with E-state index >= 15 is 0 Å². The van der Waals surface area contributed by atoms with Gasteiger partial charge in [0.25, 0.3) is 22.7 Å². The smallest absolute Gasteiger partial charge is 0.317 e. The Hall–Kier alpha value is -6.88. The van der Waals surface area contributed by atoms with E-state index in [9.17, 15) is 67.7 Å². The minimum atomic E-state index is -3.19. The zero-order valence-electron chi connectivity index (χ0n) is 37.2. The number of halogens is 2. The van der Waals surface area contributed by atoms with Crippen molar-refractivity contribution in [1.29, 1.82) is 5.26 Å². The maximum absolute atomic E-state index is 13.8. The molecule has 2 aliphatic rings. The summed E-state index contributed by atoms with van der Waals surface area (Å²) in [5.74, 6) is -7.82. The van der Waals surface area contributed by atoms with Crippen LogP contribution in [0.3, 0.4) is 0 Å². The number of nitrogens with one attached hydrogen (secondary N) is 4. The Labute approximate surface area is 388 Å². The fourth-order valence-electron chi connectivity index (χ4n) is 7.75. The number of nitriles is 1. The number of hydrogen-bond acceptors (Lipinski definition) is 17. The zero-order chi connectivity index (χ0) is 49.4. The summed E-state index contributed by atoms with van der Waals surface area (Å²) in [5.41, 5.74) is -0.582. The summed E-state index contributed by atoms with van der Waals surface area (Å²) in [6.07, 6.45) is 1.69. The molecule has 2 aromatic carbocycles. The van der Waals surface area contributed by atoms with Gasteiger partial charge in [-0.1, -0.05) is 0 Å². The Balaban J connectivity index is 1.04. The molecule has 1 aromatic heterocycles. The molecule has 2 saturated heterocycles. The standard InChI is InChI=1S/C43H55F2N11O12/c44-43(45)20-28(21-46)56(27-43)34(58)22-51-42(67)30-5-7-47-32-4-3-29(19-31(30)32)68-18-2-1-6-49-38-39(41(66)40(38)65)50-9-8-48-33(57)23-52-10-12-53(24-35(59)60)14-16-55(26-37(63)64)17-15-54(13-11-52)25-36(61)62/h3-5,7,19,28,49-50H,1-2,6,8-18,20,22-27H2,(H,48,57)(H,51,67)(H,59,60)(H,61,62)(H,63,64)/t28-/m0/s1. The lowest BCUT2D eigenvalue weighted by Gasteiger charge is -2.32. The highest BCUT2D eigenvalue weighted by atomic mass is 19.3. The van der Waals surface area contributed by atoms with E-state index in [0.29, 0.717) is 36.0 Å². The van der Waals surface area contributed by atoms with E-state index in [1.165, 1.54) is 12.3 Å². The van der Waals surface area contributed by atoms with E-state index in [-0.39, 0.29) is 121 Å². The topological polar surface area (TPSA) is 307 Å². The number of aliphatic carboxylic acids is 3. The molecule has 368 valence electrons. The number of nitrogens with zero attached hydrogens (tertiary/aromatic N) is 7. The summed E-state index contributed by atoms with van der Waals surface area (Å²) in [5, 5.41) is 48.9. The van der Waals surface area contributed by atoms with E-state index in [1.807, 2.05) is 0 Å². The number of carboxylic acids is 3. The van der Waals surface area contributed by atoms with E-state index in [2.05, 4.69) is 26.3 Å². The monoisotopic (exact) mass is 955 g/mol. The number of likely N-dealkylation sites (tertiary alicyclic amines) is 1. The molecule has 25 heteroatoms. The summed E-state index contributed by atoms with van der Waals surface area (Å²) in [7, 11) is 0. The highest BCUT2D eigenvalue weighted by molar-refractivity contribution is 6.07. The number of pyridine rings is 1. The molecule has 0 radical (unpaired) electrons. The number of carboxylic acid groups (broad SMARTS) is 3. The summed E-state index contributed by atoms with van der Waals surface area (Å²) in [6.45, 7) is 0.260. The highest BCUT2D eigenvalue weighted by Gasteiger charge is 2.47. The van der Waals surface area contributed by atoms with Crippen LogP contribution in [-0.4, -0.2) is 210 Å². The highest BCUT2D eigenvalue weighted by Crippen LogP contribution is 2.31. The fourth-order valence-corrected chi connectivity index (χ4v) is 7.75. The predicted octanol–water partition coefficient (Wildman–Crippen LogP) is -1.41. The molecule has 23 nitrogen and oxygen atoms in total. The molecule has 2 aliphatic heterocycles. The number of ether oxygens (including phenoxy) is 1. The SMILES string of the molecule is N#C[C@@H]1CC(F)(F)CN1C(=O)CNC(=O)c1ccnc2ccc(OCCCCNc3c(NCCNC(=O)CN4CCN(CC(=O)O)CCN(CC(=O)O)CCN(CC(=O)O)CC4)c(=O)c3=O)cc12. The van der Waals surface area contributed by atoms with Crippen molar-refractivity contribution in [2.24, 2.45) is 0 Å². The average Bonchev–Trinajstić information content (AvgIpc) is 3.62. The molecule has 0 saturated carbocycles. The van der Waals surface area contributed by atoms with Crippen molar-refractivity contribution in [2.75, 3.05) is 129 Å². The summed E-state index contributed by atoms with van der Waals surface area (Å²) >= 11 is 0. The number of fused-ring (bicyclic) bond motifs is 1. The molecule has 2 fully saturated rings. The lowest BCUT2D eigenvalue weighted by Crippen LogP contribution is -2.50. The van der Waals surface area contributed by atoms with Gasteiger partial charge in [0.2, 0.25) is 11.8 Å². The first kappa shape index (κ1) is 52.1.